The predicted octanol–water partition coefficient (Wildman–Crippen LogP) is 2.53. The Morgan fingerprint density at radius 3 is 2.50 bits per heavy atom. The molecule has 1 aromatic heterocycles. The zero-order chi connectivity index (χ0) is 11.2. The lowest BCUT2D eigenvalue weighted by Crippen LogP contribution is -2.11. The van der Waals surface area contributed by atoms with E-state index in [1.54, 1.807) is 12.3 Å². The van der Waals surface area contributed by atoms with Gasteiger partial charge in [0.2, 0.25) is 5.88 Å². The first-order valence-electron chi connectivity index (χ1n) is 5.03. The maximum atomic E-state index is 7.83. The van der Waals surface area contributed by atoms with E-state index in [4.69, 9.17) is 10.1 Å². The van der Waals surface area contributed by atoms with Gasteiger partial charge in [0.25, 0.3) is 0 Å². The molecule has 0 saturated carbocycles. The van der Waals surface area contributed by atoms with Crippen LogP contribution in [0.2, 0.25) is 0 Å². The Labute approximate surface area is 94.2 Å². The highest BCUT2D eigenvalue weighted by atomic mass is 16.5. The molecule has 0 aliphatic carbocycles. The number of aromatic nitrogens is 1. The Kier molecular flexibility index (Phi) is 3.28. The van der Waals surface area contributed by atoms with E-state index in [1.807, 2.05) is 42.5 Å². The van der Waals surface area contributed by atoms with Gasteiger partial charge in [0.1, 0.15) is 6.61 Å². The van der Waals surface area contributed by atoms with Crippen molar-refractivity contribution in [1.29, 1.82) is 5.41 Å². The van der Waals surface area contributed by atoms with Crippen molar-refractivity contribution in [2.45, 2.75) is 0 Å². The summed E-state index contributed by atoms with van der Waals surface area (Å²) in [5.41, 5.74) is 1.32. The third-order valence-corrected chi connectivity index (χ3v) is 2.12. The van der Waals surface area contributed by atoms with Crippen molar-refractivity contribution in [3.8, 4) is 5.88 Å². The zero-order valence-corrected chi connectivity index (χ0v) is 8.76. The van der Waals surface area contributed by atoms with Crippen LogP contribution >= 0.6 is 0 Å². The number of hydrogen-bond acceptors (Lipinski definition) is 3. The Hall–Kier alpha value is -2.16. The van der Waals surface area contributed by atoms with E-state index in [0.29, 0.717) is 11.6 Å². The molecule has 0 saturated heterocycles. The molecule has 1 heterocycles. The van der Waals surface area contributed by atoms with Gasteiger partial charge in [-0.3, -0.25) is 0 Å². The number of nitrogens with zero attached hydrogens (tertiary/aromatic N) is 1. The Bertz CT molecular complexity index is 454. The van der Waals surface area contributed by atoms with Crippen LogP contribution < -0.4 is 4.74 Å². The molecular weight excluding hydrogens is 200 g/mol. The second-order valence-corrected chi connectivity index (χ2v) is 3.30. The summed E-state index contributed by atoms with van der Waals surface area (Å²) in [5.74, 6) is 0.545. The third kappa shape index (κ3) is 2.67. The van der Waals surface area contributed by atoms with E-state index in [-0.39, 0.29) is 6.61 Å². The van der Waals surface area contributed by atoms with Crippen LogP contribution in [0.5, 0.6) is 5.88 Å². The fraction of sp³-hybridized carbons (Fsp3) is 0.0769. The lowest BCUT2D eigenvalue weighted by molar-refractivity contribution is 0.361. The Balaban J connectivity index is 1.95. The molecule has 0 aliphatic heterocycles. The second kappa shape index (κ2) is 5.07. The first-order valence-corrected chi connectivity index (χ1v) is 5.03. The molecule has 2 rings (SSSR count). The molecule has 0 atom stereocenters. The topological polar surface area (TPSA) is 46.0 Å². The fourth-order valence-corrected chi connectivity index (χ4v) is 1.30. The van der Waals surface area contributed by atoms with Crippen LogP contribution in [0.1, 0.15) is 5.56 Å². The monoisotopic (exact) mass is 212 g/mol. The van der Waals surface area contributed by atoms with Crippen molar-refractivity contribution < 1.29 is 4.74 Å². The van der Waals surface area contributed by atoms with Gasteiger partial charge in [-0.05, 0) is 11.6 Å². The summed E-state index contributed by atoms with van der Waals surface area (Å²) in [6.07, 6.45) is 1.67. The Morgan fingerprint density at radius 2 is 1.81 bits per heavy atom. The highest BCUT2D eigenvalue weighted by molar-refractivity contribution is 5.99. The summed E-state index contributed by atoms with van der Waals surface area (Å²) in [6, 6.07) is 15.0. The number of ether oxygens (including phenoxy) is 1. The van der Waals surface area contributed by atoms with Crippen molar-refractivity contribution in [2.24, 2.45) is 0 Å². The molecule has 0 fully saturated rings. The highest BCUT2D eigenvalue weighted by Gasteiger charge is 2.01. The molecule has 1 N–H and O–H groups in total. The molecule has 0 unspecified atom stereocenters. The van der Waals surface area contributed by atoms with Gasteiger partial charge in [-0.25, -0.2) is 4.98 Å². The second-order valence-electron chi connectivity index (χ2n) is 3.30. The smallest absolute Gasteiger partial charge is 0.213 e. The fourth-order valence-electron chi connectivity index (χ4n) is 1.30. The normalized spacial score (nSPS) is 9.75. The van der Waals surface area contributed by atoms with Gasteiger partial charge in [-0.2, -0.15) is 0 Å². The third-order valence-electron chi connectivity index (χ3n) is 2.12. The molecule has 0 spiro atoms. The van der Waals surface area contributed by atoms with E-state index in [2.05, 4.69) is 4.98 Å². The molecule has 80 valence electrons. The number of rotatable bonds is 4. The molecule has 16 heavy (non-hydrogen) atoms. The molecule has 3 heteroatoms. The van der Waals surface area contributed by atoms with Crippen molar-refractivity contribution in [3.63, 3.8) is 0 Å². The summed E-state index contributed by atoms with van der Waals surface area (Å²) in [4.78, 5) is 4.03. The number of nitrogens with one attached hydrogen (secondary N) is 1. The number of benzene rings is 1. The van der Waals surface area contributed by atoms with Gasteiger partial charge in [0.05, 0.1) is 5.71 Å². The van der Waals surface area contributed by atoms with E-state index in [9.17, 15) is 0 Å². The van der Waals surface area contributed by atoms with E-state index in [0.717, 1.165) is 5.56 Å². The van der Waals surface area contributed by atoms with Gasteiger partial charge < -0.3 is 10.1 Å². The minimum absolute atomic E-state index is 0.237. The molecule has 3 nitrogen and oxygen atoms in total. The van der Waals surface area contributed by atoms with Crippen molar-refractivity contribution >= 4 is 5.71 Å². The number of hydrogen-bond donors (Lipinski definition) is 1. The first-order chi connectivity index (χ1) is 7.86. The zero-order valence-electron chi connectivity index (χ0n) is 8.76. The van der Waals surface area contributed by atoms with Crippen LogP contribution in [0.3, 0.4) is 0 Å². The van der Waals surface area contributed by atoms with Gasteiger partial charge in [0.15, 0.2) is 0 Å². The van der Waals surface area contributed by atoms with Crippen molar-refractivity contribution in [2.75, 3.05) is 6.61 Å². The summed E-state index contributed by atoms with van der Waals surface area (Å²) in [7, 11) is 0. The highest BCUT2D eigenvalue weighted by Crippen LogP contribution is 2.05. The maximum absolute atomic E-state index is 7.83. The van der Waals surface area contributed by atoms with Crippen LogP contribution in [-0.4, -0.2) is 17.3 Å². The summed E-state index contributed by atoms with van der Waals surface area (Å²) in [6.45, 7) is 0.237. The van der Waals surface area contributed by atoms with Gasteiger partial charge in [0, 0.05) is 12.3 Å². The standard InChI is InChI=1S/C13H12N2O/c14-12(11-6-2-1-3-7-11)10-16-13-8-4-5-9-15-13/h1-9,14H,10H2. The molecule has 0 radical (unpaired) electrons. The molecular formula is C13H12N2O. The van der Waals surface area contributed by atoms with Crippen LogP contribution in [-0.2, 0) is 0 Å². The van der Waals surface area contributed by atoms with Crippen molar-refractivity contribution in [1.82, 2.24) is 4.98 Å². The molecule has 2 aromatic rings. The minimum atomic E-state index is 0.237. The van der Waals surface area contributed by atoms with Gasteiger partial charge in [-0.1, -0.05) is 36.4 Å². The average Bonchev–Trinajstić information content (AvgIpc) is 2.38. The van der Waals surface area contributed by atoms with E-state index in [1.165, 1.54) is 0 Å². The van der Waals surface area contributed by atoms with E-state index < -0.39 is 0 Å². The summed E-state index contributed by atoms with van der Waals surface area (Å²) >= 11 is 0. The van der Waals surface area contributed by atoms with Crippen LogP contribution in [0.15, 0.2) is 54.7 Å². The predicted molar refractivity (Wildman–Crippen MR) is 63.0 cm³/mol. The van der Waals surface area contributed by atoms with Crippen molar-refractivity contribution in [3.05, 3.63) is 60.3 Å². The maximum Gasteiger partial charge on any atom is 0.213 e. The largest absolute Gasteiger partial charge is 0.471 e. The van der Waals surface area contributed by atoms with E-state index >= 15 is 0 Å². The number of pyridine rings is 1. The van der Waals surface area contributed by atoms with Gasteiger partial charge in [-0.15, -0.1) is 0 Å². The molecule has 0 amide bonds. The minimum Gasteiger partial charge on any atom is -0.471 e. The van der Waals surface area contributed by atoms with Crippen LogP contribution in [0.4, 0.5) is 0 Å². The van der Waals surface area contributed by atoms with Gasteiger partial charge >= 0.3 is 0 Å². The molecule has 0 bridgehead atoms. The molecule has 0 aliphatic rings. The lowest BCUT2D eigenvalue weighted by atomic mass is 10.1. The molecule has 1 aromatic carbocycles. The summed E-state index contributed by atoms with van der Waals surface area (Å²) < 4.78 is 5.39. The van der Waals surface area contributed by atoms with Crippen LogP contribution in [0, 0.1) is 5.41 Å². The average molecular weight is 212 g/mol. The summed E-state index contributed by atoms with van der Waals surface area (Å²) in [5, 5.41) is 7.83. The SMILES string of the molecule is N=C(COc1ccccn1)c1ccccc1. The van der Waals surface area contributed by atoms with Crippen LogP contribution in [0.25, 0.3) is 0 Å². The quantitative estimate of drug-likeness (QED) is 0.791. The Morgan fingerprint density at radius 1 is 1.06 bits per heavy atom. The lowest BCUT2D eigenvalue weighted by Gasteiger charge is -2.06. The first kappa shape index (κ1) is 10.4.